The predicted molar refractivity (Wildman–Crippen MR) is 135 cm³/mol. The standard InChI is InChI=1S/C27H24ClFN2O2S/c1-19-27(21-13-15-30(16-14-21)34(32,33)24-6-4-5-23(29)17-24)25-7-2-3-8-26(25)31(19)18-20-9-11-22(28)12-10-20/h2-13,17H,14-16,18H2,1H3. The maximum absolute atomic E-state index is 13.6. The van der Waals surface area contributed by atoms with Crippen LogP contribution in [0.25, 0.3) is 16.5 Å². The molecule has 0 fully saturated rings. The summed E-state index contributed by atoms with van der Waals surface area (Å²) in [5, 5.41) is 1.87. The number of hydrogen-bond donors (Lipinski definition) is 0. The molecule has 0 radical (unpaired) electrons. The van der Waals surface area contributed by atoms with Crippen molar-refractivity contribution in [3.8, 4) is 0 Å². The van der Waals surface area contributed by atoms with E-state index < -0.39 is 15.8 Å². The highest BCUT2D eigenvalue weighted by Crippen LogP contribution is 2.35. The Labute approximate surface area is 203 Å². The topological polar surface area (TPSA) is 42.3 Å². The Morgan fingerprint density at radius 3 is 2.47 bits per heavy atom. The molecule has 4 aromatic rings. The van der Waals surface area contributed by atoms with Gasteiger partial charge < -0.3 is 4.57 Å². The van der Waals surface area contributed by atoms with Gasteiger partial charge in [-0.3, -0.25) is 0 Å². The van der Waals surface area contributed by atoms with Crippen molar-refractivity contribution in [2.75, 3.05) is 13.1 Å². The van der Waals surface area contributed by atoms with Crippen LogP contribution in [0.1, 0.15) is 23.2 Å². The molecule has 174 valence electrons. The van der Waals surface area contributed by atoms with Crippen LogP contribution in [0.3, 0.4) is 0 Å². The summed E-state index contributed by atoms with van der Waals surface area (Å²) in [5.41, 5.74) is 5.73. The molecule has 2 heterocycles. The number of aromatic nitrogens is 1. The average Bonchev–Trinajstić information content (AvgIpc) is 3.12. The number of halogens is 2. The fourth-order valence-electron chi connectivity index (χ4n) is 4.68. The number of nitrogens with zero attached hydrogens (tertiary/aromatic N) is 2. The highest BCUT2D eigenvalue weighted by atomic mass is 35.5. The first kappa shape index (κ1) is 22.8. The van der Waals surface area contributed by atoms with Crippen LogP contribution in [-0.2, 0) is 16.6 Å². The number of fused-ring (bicyclic) bond motifs is 1. The first-order valence-corrected chi connectivity index (χ1v) is 12.9. The third kappa shape index (κ3) is 4.17. The Morgan fingerprint density at radius 2 is 1.76 bits per heavy atom. The van der Waals surface area contributed by atoms with Crippen LogP contribution in [0.5, 0.6) is 0 Å². The monoisotopic (exact) mass is 494 g/mol. The summed E-state index contributed by atoms with van der Waals surface area (Å²) >= 11 is 6.06. The smallest absolute Gasteiger partial charge is 0.243 e. The highest BCUT2D eigenvalue weighted by Gasteiger charge is 2.28. The summed E-state index contributed by atoms with van der Waals surface area (Å²) in [5.74, 6) is -0.557. The largest absolute Gasteiger partial charge is 0.340 e. The molecule has 0 unspecified atom stereocenters. The minimum Gasteiger partial charge on any atom is -0.340 e. The van der Waals surface area contributed by atoms with Crippen molar-refractivity contribution in [1.29, 1.82) is 0 Å². The Bertz CT molecular complexity index is 1510. The number of sulfonamides is 1. The third-order valence-corrected chi connectivity index (χ3v) is 8.52. The zero-order valence-electron chi connectivity index (χ0n) is 18.7. The number of rotatable bonds is 5. The predicted octanol–water partition coefficient (Wildman–Crippen LogP) is 6.27. The lowest BCUT2D eigenvalue weighted by Crippen LogP contribution is -2.34. The van der Waals surface area contributed by atoms with Gasteiger partial charge in [0.1, 0.15) is 5.82 Å². The lowest BCUT2D eigenvalue weighted by atomic mass is 9.97. The molecule has 1 aliphatic rings. The molecule has 0 aliphatic carbocycles. The Hall–Kier alpha value is -2.93. The normalized spacial score (nSPS) is 15.0. The van der Waals surface area contributed by atoms with E-state index in [4.69, 9.17) is 11.6 Å². The molecule has 5 rings (SSSR count). The van der Waals surface area contributed by atoms with Crippen LogP contribution in [0.15, 0.2) is 83.8 Å². The number of para-hydroxylation sites is 1. The fourth-order valence-corrected chi connectivity index (χ4v) is 6.22. The van der Waals surface area contributed by atoms with Crippen LogP contribution >= 0.6 is 11.6 Å². The van der Waals surface area contributed by atoms with Gasteiger partial charge in [0.2, 0.25) is 10.0 Å². The van der Waals surface area contributed by atoms with Crippen LogP contribution < -0.4 is 0 Å². The molecule has 0 saturated carbocycles. The van der Waals surface area contributed by atoms with Crippen molar-refractivity contribution in [2.24, 2.45) is 0 Å². The zero-order valence-corrected chi connectivity index (χ0v) is 20.3. The van der Waals surface area contributed by atoms with E-state index in [0.29, 0.717) is 18.0 Å². The van der Waals surface area contributed by atoms with Gasteiger partial charge >= 0.3 is 0 Å². The first-order valence-electron chi connectivity index (χ1n) is 11.1. The van der Waals surface area contributed by atoms with Gasteiger partial charge in [0.05, 0.1) is 4.90 Å². The minimum absolute atomic E-state index is 0.0138. The summed E-state index contributed by atoms with van der Waals surface area (Å²) in [6.07, 6.45) is 2.58. The number of benzene rings is 3. The molecule has 3 aromatic carbocycles. The van der Waals surface area contributed by atoms with Crippen molar-refractivity contribution >= 4 is 38.1 Å². The Balaban J connectivity index is 1.49. The van der Waals surface area contributed by atoms with E-state index in [9.17, 15) is 12.8 Å². The summed E-state index contributed by atoms with van der Waals surface area (Å²) in [6, 6.07) is 21.3. The molecule has 34 heavy (non-hydrogen) atoms. The van der Waals surface area contributed by atoms with E-state index in [2.05, 4.69) is 23.6 Å². The second-order valence-corrected chi connectivity index (χ2v) is 10.9. The third-order valence-electron chi connectivity index (χ3n) is 6.41. The molecule has 1 aromatic heterocycles. The van der Waals surface area contributed by atoms with E-state index in [1.165, 1.54) is 22.5 Å². The van der Waals surface area contributed by atoms with Crippen molar-refractivity contribution in [3.05, 3.63) is 107 Å². The van der Waals surface area contributed by atoms with Crippen molar-refractivity contribution in [1.82, 2.24) is 8.87 Å². The summed E-state index contributed by atoms with van der Waals surface area (Å²) in [6.45, 7) is 3.43. The Morgan fingerprint density at radius 1 is 1.00 bits per heavy atom. The van der Waals surface area contributed by atoms with Gasteiger partial charge in [0, 0.05) is 46.8 Å². The molecule has 4 nitrogen and oxygen atoms in total. The van der Waals surface area contributed by atoms with E-state index in [-0.39, 0.29) is 11.4 Å². The van der Waals surface area contributed by atoms with Gasteiger partial charge in [-0.15, -0.1) is 0 Å². The fraction of sp³-hybridized carbons (Fsp3) is 0.185. The van der Waals surface area contributed by atoms with E-state index in [0.717, 1.165) is 45.9 Å². The quantitative estimate of drug-likeness (QED) is 0.328. The van der Waals surface area contributed by atoms with Crippen LogP contribution in [0.4, 0.5) is 4.39 Å². The first-order chi connectivity index (χ1) is 16.3. The number of hydrogen-bond acceptors (Lipinski definition) is 2. The molecule has 1 aliphatic heterocycles. The summed E-state index contributed by atoms with van der Waals surface area (Å²) in [7, 11) is -3.75. The molecule has 0 saturated heterocycles. The van der Waals surface area contributed by atoms with E-state index in [1.807, 2.05) is 42.5 Å². The van der Waals surface area contributed by atoms with Gasteiger partial charge in [-0.25, -0.2) is 12.8 Å². The molecule has 0 spiro atoms. The second-order valence-electron chi connectivity index (χ2n) is 8.49. The van der Waals surface area contributed by atoms with Crippen molar-refractivity contribution < 1.29 is 12.8 Å². The Kier molecular flexibility index (Phi) is 6.06. The average molecular weight is 495 g/mol. The van der Waals surface area contributed by atoms with Crippen molar-refractivity contribution in [3.63, 3.8) is 0 Å². The summed E-state index contributed by atoms with van der Waals surface area (Å²) < 4.78 is 43.3. The molecule has 7 heteroatoms. The zero-order chi connectivity index (χ0) is 23.9. The molecular weight excluding hydrogens is 471 g/mol. The van der Waals surface area contributed by atoms with E-state index in [1.54, 1.807) is 0 Å². The maximum Gasteiger partial charge on any atom is 0.243 e. The SMILES string of the molecule is Cc1c(C2=CCN(S(=O)(=O)c3cccc(F)c3)CC2)c2ccccc2n1Cc1ccc(Cl)cc1. The molecular formula is C27H24ClFN2O2S. The summed E-state index contributed by atoms with van der Waals surface area (Å²) in [4.78, 5) is -0.0138. The van der Waals surface area contributed by atoms with Gasteiger partial charge in [-0.2, -0.15) is 4.31 Å². The molecule has 0 amide bonds. The van der Waals surface area contributed by atoms with Crippen molar-refractivity contribution in [2.45, 2.75) is 24.8 Å². The van der Waals surface area contributed by atoms with Gasteiger partial charge in [-0.05, 0) is 60.9 Å². The van der Waals surface area contributed by atoms with Gasteiger partial charge in [-0.1, -0.05) is 54.1 Å². The van der Waals surface area contributed by atoms with Crippen LogP contribution in [-0.4, -0.2) is 30.4 Å². The lowest BCUT2D eigenvalue weighted by molar-refractivity contribution is 0.440. The van der Waals surface area contributed by atoms with Gasteiger partial charge in [0.25, 0.3) is 0 Å². The molecule has 0 bridgehead atoms. The van der Waals surface area contributed by atoms with E-state index >= 15 is 0 Å². The molecule has 0 N–H and O–H groups in total. The lowest BCUT2D eigenvalue weighted by Gasteiger charge is -2.26. The van der Waals surface area contributed by atoms with Gasteiger partial charge in [0.15, 0.2) is 0 Å². The minimum atomic E-state index is -3.75. The highest BCUT2D eigenvalue weighted by molar-refractivity contribution is 7.89. The maximum atomic E-state index is 13.6. The van der Waals surface area contributed by atoms with Crippen LogP contribution in [0, 0.1) is 12.7 Å². The van der Waals surface area contributed by atoms with Crippen LogP contribution in [0.2, 0.25) is 5.02 Å². The second kappa shape index (κ2) is 9.02. The molecule has 0 atom stereocenters.